The van der Waals surface area contributed by atoms with Crippen LogP contribution in [0.4, 0.5) is 5.69 Å². The van der Waals surface area contributed by atoms with Crippen molar-refractivity contribution >= 4 is 24.2 Å². The van der Waals surface area contributed by atoms with Crippen LogP contribution in [0, 0.1) is 20.8 Å². The van der Waals surface area contributed by atoms with Gasteiger partial charge in [0.2, 0.25) is 5.91 Å². The average molecular weight is 253 g/mol. The summed E-state index contributed by atoms with van der Waals surface area (Å²) in [5.74, 6) is 1.43. The maximum atomic E-state index is 11.6. The van der Waals surface area contributed by atoms with Gasteiger partial charge >= 0.3 is 0 Å². The molecule has 94 valence electrons. The molecule has 0 aliphatic heterocycles. The SMILES string of the molecule is COc1c(C)cc(NC(=O)CCS)c(C)c1C. The van der Waals surface area contributed by atoms with Crippen LogP contribution in [-0.4, -0.2) is 18.8 Å². The van der Waals surface area contributed by atoms with E-state index < -0.39 is 0 Å². The summed E-state index contributed by atoms with van der Waals surface area (Å²) in [5.41, 5.74) is 3.98. The molecular formula is C13H19NO2S. The Morgan fingerprint density at radius 1 is 1.35 bits per heavy atom. The van der Waals surface area contributed by atoms with Crippen LogP contribution in [0.15, 0.2) is 6.07 Å². The molecule has 1 N–H and O–H groups in total. The first kappa shape index (κ1) is 13.9. The summed E-state index contributed by atoms with van der Waals surface area (Å²) < 4.78 is 5.34. The Morgan fingerprint density at radius 2 is 2.00 bits per heavy atom. The van der Waals surface area contributed by atoms with E-state index in [1.54, 1.807) is 7.11 Å². The molecule has 1 aromatic carbocycles. The standard InChI is InChI=1S/C13H19NO2S/c1-8-7-11(14-12(15)5-6-17)9(2)10(3)13(8)16-4/h7,17H,5-6H2,1-4H3,(H,14,15). The lowest BCUT2D eigenvalue weighted by Crippen LogP contribution is -2.13. The Hall–Kier alpha value is -1.16. The number of aryl methyl sites for hydroxylation is 1. The molecule has 3 nitrogen and oxygen atoms in total. The van der Waals surface area contributed by atoms with Crippen molar-refractivity contribution in [3.05, 3.63) is 22.8 Å². The third-order valence-corrected chi connectivity index (χ3v) is 3.07. The van der Waals surface area contributed by atoms with Gasteiger partial charge in [-0.05, 0) is 49.3 Å². The highest BCUT2D eigenvalue weighted by Crippen LogP contribution is 2.31. The molecule has 4 heteroatoms. The zero-order valence-corrected chi connectivity index (χ0v) is 11.6. The van der Waals surface area contributed by atoms with E-state index in [1.807, 2.05) is 26.8 Å². The third-order valence-electron chi connectivity index (χ3n) is 2.84. The van der Waals surface area contributed by atoms with Gasteiger partial charge in [0.1, 0.15) is 5.75 Å². The molecule has 1 amide bonds. The van der Waals surface area contributed by atoms with Crippen LogP contribution in [0.3, 0.4) is 0 Å². The number of carbonyl (C=O) groups excluding carboxylic acids is 1. The van der Waals surface area contributed by atoms with Crippen LogP contribution in [0.1, 0.15) is 23.1 Å². The topological polar surface area (TPSA) is 38.3 Å². The maximum Gasteiger partial charge on any atom is 0.225 e. The van der Waals surface area contributed by atoms with Crippen LogP contribution < -0.4 is 10.1 Å². The van der Waals surface area contributed by atoms with Gasteiger partial charge in [0.05, 0.1) is 7.11 Å². The minimum absolute atomic E-state index is 0.00735. The van der Waals surface area contributed by atoms with E-state index in [4.69, 9.17) is 4.74 Å². The molecule has 0 fully saturated rings. The van der Waals surface area contributed by atoms with Gasteiger partial charge in [0.15, 0.2) is 0 Å². The molecule has 1 aromatic rings. The van der Waals surface area contributed by atoms with Gasteiger partial charge < -0.3 is 10.1 Å². The quantitative estimate of drug-likeness (QED) is 0.810. The Labute approximate surface area is 108 Å². The summed E-state index contributed by atoms with van der Waals surface area (Å²) in [4.78, 5) is 11.6. The largest absolute Gasteiger partial charge is 0.496 e. The number of amides is 1. The highest BCUT2D eigenvalue weighted by atomic mass is 32.1. The van der Waals surface area contributed by atoms with E-state index in [2.05, 4.69) is 17.9 Å². The van der Waals surface area contributed by atoms with Crippen LogP contribution in [0.5, 0.6) is 5.75 Å². The van der Waals surface area contributed by atoms with E-state index in [9.17, 15) is 4.79 Å². The fourth-order valence-electron chi connectivity index (χ4n) is 1.82. The molecule has 0 spiro atoms. The van der Waals surface area contributed by atoms with Crippen LogP contribution >= 0.6 is 12.6 Å². The van der Waals surface area contributed by atoms with Gasteiger partial charge in [-0.2, -0.15) is 12.6 Å². The van der Waals surface area contributed by atoms with Crippen molar-refractivity contribution < 1.29 is 9.53 Å². The molecule has 0 aliphatic carbocycles. The van der Waals surface area contributed by atoms with E-state index >= 15 is 0 Å². The molecule has 17 heavy (non-hydrogen) atoms. The summed E-state index contributed by atoms with van der Waals surface area (Å²) in [6.07, 6.45) is 0.423. The number of thiol groups is 1. The first-order valence-electron chi connectivity index (χ1n) is 5.56. The molecule has 0 atom stereocenters. The third kappa shape index (κ3) is 3.16. The number of nitrogens with one attached hydrogen (secondary N) is 1. The summed E-state index contributed by atoms with van der Waals surface area (Å²) in [6.45, 7) is 5.95. The number of rotatable bonds is 4. The normalized spacial score (nSPS) is 10.2. The Morgan fingerprint density at radius 3 is 2.53 bits per heavy atom. The van der Waals surface area contributed by atoms with Gasteiger partial charge in [0.25, 0.3) is 0 Å². The number of ether oxygens (including phenoxy) is 1. The number of carbonyl (C=O) groups is 1. The lowest BCUT2D eigenvalue weighted by atomic mass is 10.0. The fraction of sp³-hybridized carbons (Fsp3) is 0.462. The lowest BCUT2D eigenvalue weighted by molar-refractivity contribution is -0.115. The first-order chi connectivity index (χ1) is 8.01. The van der Waals surface area contributed by atoms with E-state index in [0.717, 1.165) is 28.1 Å². The van der Waals surface area contributed by atoms with E-state index in [0.29, 0.717) is 12.2 Å². The zero-order chi connectivity index (χ0) is 13.0. The van der Waals surface area contributed by atoms with Crippen molar-refractivity contribution in [2.24, 2.45) is 0 Å². The fourth-order valence-corrected chi connectivity index (χ4v) is 2.02. The molecule has 0 heterocycles. The highest BCUT2D eigenvalue weighted by molar-refractivity contribution is 7.80. The predicted molar refractivity (Wildman–Crippen MR) is 74.3 cm³/mol. The van der Waals surface area contributed by atoms with Crippen LogP contribution in [0.2, 0.25) is 0 Å². The van der Waals surface area contributed by atoms with Gasteiger partial charge in [0, 0.05) is 12.1 Å². The van der Waals surface area contributed by atoms with E-state index in [1.165, 1.54) is 0 Å². The number of anilines is 1. The van der Waals surface area contributed by atoms with E-state index in [-0.39, 0.29) is 5.91 Å². The van der Waals surface area contributed by atoms with Gasteiger partial charge in [-0.1, -0.05) is 0 Å². The summed E-state index contributed by atoms with van der Waals surface area (Å²) in [6, 6.07) is 1.94. The number of hydrogen-bond donors (Lipinski definition) is 2. The van der Waals surface area contributed by atoms with Crippen molar-refractivity contribution in [1.29, 1.82) is 0 Å². The number of benzene rings is 1. The smallest absolute Gasteiger partial charge is 0.225 e. The Balaban J connectivity index is 3.06. The van der Waals surface area contributed by atoms with Gasteiger partial charge in [-0.25, -0.2) is 0 Å². The molecule has 0 aromatic heterocycles. The summed E-state index contributed by atoms with van der Waals surface area (Å²) in [7, 11) is 1.66. The van der Waals surface area contributed by atoms with Crippen molar-refractivity contribution in [3.8, 4) is 5.75 Å². The molecule has 0 saturated heterocycles. The number of methoxy groups -OCH3 is 1. The molecule has 0 aliphatic rings. The molecule has 0 unspecified atom stereocenters. The molecular weight excluding hydrogens is 234 g/mol. The summed E-state index contributed by atoms with van der Waals surface area (Å²) in [5, 5.41) is 2.90. The second-order valence-corrected chi connectivity index (χ2v) is 4.49. The van der Waals surface area contributed by atoms with Crippen LogP contribution in [0.25, 0.3) is 0 Å². The first-order valence-corrected chi connectivity index (χ1v) is 6.20. The Bertz CT molecular complexity index is 430. The van der Waals surface area contributed by atoms with Gasteiger partial charge in [-0.3, -0.25) is 4.79 Å². The summed E-state index contributed by atoms with van der Waals surface area (Å²) >= 11 is 4.04. The minimum Gasteiger partial charge on any atom is -0.496 e. The zero-order valence-electron chi connectivity index (χ0n) is 10.8. The average Bonchev–Trinajstić information content (AvgIpc) is 2.26. The van der Waals surface area contributed by atoms with Crippen molar-refractivity contribution in [2.45, 2.75) is 27.2 Å². The lowest BCUT2D eigenvalue weighted by Gasteiger charge is -2.16. The number of hydrogen-bond acceptors (Lipinski definition) is 3. The van der Waals surface area contributed by atoms with Gasteiger partial charge in [-0.15, -0.1) is 0 Å². The predicted octanol–water partition coefficient (Wildman–Crippen LogP) is 2.88. The second-order valence-electron chi connectivity index (χ2n) is 4.05. The molecule has 0 radical (unpaired) electrons. The second kappa shape index (κ2) is 5.96. The van der Waals surface area contributed by atoms with Crippen molar-refractivity contribution in [3.63, 3.8) is 0 Å². The molecule has 0 saturated carbocycles. The van der Waals surface area contributed by atoms with Crippen molar-refractivity contribution in [1.82, 2.24) is 0 Å². The molecule has 1 rings (SSSR count). The van der Waals surface area contributed by atoms with Crippen molar-refractivity contribution in [2.75, 3.05) is 18.2 Å². The highest BCUT2D eigenvalue weighted by Gasteiger charge is 2.12. The monoisotopic (exact) mass is 253 g/mol. The minimum atomic E-state index is -0.00735. The molecule has 0 bridgehead atoms. The maximum absolute atomic E-state index is 11.6. The van der Waals surface area contributed by atoms with Crippen LogP contribution in [-0.2, 0) is 4.79 Å². The Kier molecular flexibility index (Phi) is 4.87.